The number of ether oxygens (including phenoxy) is 1. The summed E-state index contributed by atoms with van der Waals surface area (Å²) < 4.78 is 5.36. The molecule has 6 heteroatoms. The zero-order valence-electron chi connectivity index (χ0n) is 14.3. The molecule has 2 saturated heterocycles. The first-order valence-electron chi connectivity index (χ1n) is 8.45. The number of carbonyl (C=O) groups excluding carboxylic acids is 1. The van der Waals surface area contributed by atoms with Crippen LogP contribution in [0, 0.1) is 19.8 Å². The number of aryl methyl sites for hydroxylation is 2. The molecule has 0 aliphatic carbocycles. The molecule has 1 amide bonds. The molecule has 1 unspecified atom stereocenters. The number of rotatable bonds is 3. The lowest BCUT2D eigenvalue weighted by Crippen LogP contribution is -2.42. The molecule has 1 aromatic heterocycles. The zero-order chi connectivity index (χ0) is 16.4. The van der Waals surface area contributed by atoms with Crippen LogP contribution in [0.25, 0.3) is 0 Å². The van der Waals surface area contributed by atoms with Crippen molar-refractivity contribution in [2.45, 2.75) is 39.2 Å². The number of likely N-dealkylation sites (tertiary alicyclic amines) is 1. The molecule has 2 aliphatic heterocycles. The molecule has 0 spiro atoms. The molecule has 0 saturated carbocycles. The SMILES string of the molecule is COC1CCN(C(=O)C2CCN(c3nc(C)cc(C)n3)CC2)C1. The van der Waals surface area contributed by atoms with Crippen molar-refractivity contribution in [1.29, 1.82) is 0 Å². The summed E-state index contributed by atoms with van der Waals surface area (Å²) in [6.07, 6.45) is 2.92. The average molecular weight is 318 g/mol. The first-order valence-corrected chi connectivity index (χ1v) is 8.45. The summed E-state index contributed by atoms with van der Waals surface area (Å²) >= 11 is 0. The van der Waals surface area contributed by atoms with Crippen LogP contribution >= 0.6 is 0 Å². The van der Waals surface area contributed by atoms with Gasteiger partial charge in [0.05, 0.1) is 6.10 Å². The molecule has 1 atom stereocenters. The van der Waals surface area contributed by atoms with Crippen molar-refractivity contribution in [3.05, 3.63) is 17.5 Å². The van der Waals surface area contributed by atoms with Crippen LogP contribution in [0.4, 0.5) is 5.95 Å². The van der Waals surface area contributed by atoms with Crippen LogP contribution in [-0.4, -0.2) is 60.2 Å². The minimum atomic E-state index is 0.132. The van der Waals surface area contributed by atoms with Gasteiger partial charge in [-0.15, -0.1) is 0 Å². The highest BCUT2D eigenvalue weighted by atomic mass is 16.5. The van der Waals surface area contributed by atoms with E-state index in [1.807, 2.05) is 24.8 Å². The Morgan fingerprint density at radius 3 is 2.35 bits per heavy atom. The number of carbonyl (C=O) groups is 1. The Hall–Kier alpha value is -1.69. The minimum Gasteiger partial charge on any atom is -0.380 e. The maximum atomic E-state index is 12.6. The smallest absolute Gasteiger partial charge is 0.225 e. The molecule has 23 heavy (non-hydrogen) atoms. The largest absolute Gasteiger partial charge is 0.380 e. The molecule has 1 aromatic rings. The summed E-state index contributed by atoms with van der Waals surface area (Å²) in [7, 11) is 1.72. The maximum Gasteiger partial charge on any atom is 0.225 e. The highest BCUT2D eigenvalue weighted by Gasteiger charge is 2.33. The summed E-state index contributed by atoms with van der Waals surface area (Å²) in [5.74, 6) is 1.23. The van der Waals surface area contributed by atoms with Crippen molar-refractivity contribution in [2.75, 3.05) is 38.2 Å². The molecule has 2 fully saturated rings. The van der Waals surface area contributed by atoms with Crippen molar-refractivity contribution in [2.24, 2.45) is 5.92 Å². The van der Waals surface area contributed by atoms with Gasteiger partial charge in [0.25, 0.3) is 0 Å². The van der Waals surface area contributed by atoms with Crippen molar-refractivity contribution in [1.82, 2.24) is 14.9 Å². The topological polar surface area (TPSA) is 58.6 Å². The van der Waals surface area contributed by atoms with Crippen LogP contribution in [0.2, 0.25) is 0 Å². The van der Waals surface area contributed by atoms with Crippen molar-refractivity contribution in [3.8, 4) is 0 Å². The lowest BCUT2D eigenvalue weighted by molar-refractivity contribution is -0.135. The van der Waals surface area contributed by atoms with Gasteiger partial charge in [-0.05, 0) is 39.2 Å². The zero-order valence-corrected chi connectivity index (χ0v) is 14.3. The monoisotopic (exact) mass is 318 g/mol. The van der Waals surface area contributed by atoms with Gasteiger partial charge in [0.1, 0.15) is 0 Å². The van der Waals surface area contributed by atoms with E-state index in [-0.39, 0.29) is 12.0 Å². The summed E-state index contributed by atoms with van der Waals surface area (Å²) in [4.78, 5) is 25.9. The van der Waals surface area contributed by atoms with E-state index in [4.69, 9.17) is 4.74 Å². The predicted octanol–water partition coefficient (Wildman–Crippen LogP) is 1.56. The Kier molecular flexibility index (Phi) is 4.80. The summed E-state index contributed by atoms with van der Waals surface area (Å²) in [5, 5.41) is 0. The lowest BCUT2D eigenvalue weighted by atomic mass is 9.95. The number of hydrogen-bond acceptors (Lipinski definition) is 5. The lowest BCUT2D eigenvalue weighted by Gasteiger charge is -2.33. The molecule has 0 bridgehead atoms. The first kappa shape index (κ1) is 16.2. The quantitative estimate of drug-likeness (QED) is 0.846. The number of nitrogens with zero attached hydrogens (tertiary/aromatic N) is 4. The Morgan fingerprint density at radius 1 is 1.13 bits per heavy atom. The van der Waals surface area contributed by atoms with E-state index >= 15 is 0 Å². The standard InChI is InChI=1S/C17H26N4O2/c1-12-10-13(2)19-17(18-12)20-7-4-14(5-8-20)16(22)21-9-6-15(11-21)23-3/h10,14-15H,4-9,11H2,1-3H3. The van der Waals surface area contributed by atoms with E-state index < -0.39 is 0 Å². The first-order chi connectivity index (χ1) is 11.1. The normalized spacial score (nSPS) is 22.7. The summed E-state index contributed by atoms with van der Waals surface area (Å²) in [6, 6.07) is 1.99. The van der Waals surface area contributed by atoms with Gasteiger partial charge >= 0.3 is 0 Å². The molecule has 0 N–H and O–H groups in total. The van der Waals surface area contributed by atoms with Crippen molar-refractivity contribution in [3.63, 3.8) is 0 Å². The van der Waals surface area contributed by atoms with Gasteiger partial charge in [-0.2, -0.15) is 0 Å². The van der Waals surface area contributed by atoms with Crippen LogP contribution in [0.5, 0.6) is 0 Å². The van der Waals surface area contributed by atoms with Gasteiger partial charge in [-0.3, -0.25) is 4.79 Å². The highest BCUT2D eigenvalue weighted by molar-refractivity contribution is 5.79. The van der Waals surface area contributed by atoms with Gasteiger partial charge in [0.2, 0.25) is 11.9 Å². The van der Waals surface area contributed by atoms with Gasteiger partial charge in [-0.1, -0.05) is 0 Å². The highest BCUT2D eigenvalue weighted by Crippen LogP contribution is 2.25. The van der Waals surface area contributed by atoms with Crippen LogP contribution in [0.1, 0.15) is 30.7 Å². The Bertz CT molecular complexity index is 549. The van der Waals surface area contributed by atoms with E-state index in [0.717, 1.165) is 62.8 Å². The fraction of sp³-hybridized carbons (Fsp3) is 0.706. The number of anilines is 1. The van der Waals surface area contributed by atoms with Crippen molar-refractivity contribution < 1.29 is 9.53 Å². The van der Waals surface area contributed by atoms with E-state index in [1.54, 1.807) is 7.11 Å². The van der Waals surface area contributed by atoms with Gasteiger partial charge in [0, 0.05) is 50.6 Å². The average Bonchev–Trinajstić information content (AvgIpc) is 3.02. The molecule has 2 aliphatic rings. The second-order valence-electron chi connectivity index (χ2n) is 6.64. The third-order valence-electron chi connectivity index (χ3n) is 4.89. The van der Waals surface area contributed by atoms with Gasteiger partial charge in [-0.25, -0.2) is 9.97 Å². The predicted molar refractivity (Wildman–Crippen MR) is 88.4 cm³/mol. The molecule has 3 heterocycles. The molecule has 3 rings (SSSR count). The number of methoxy groups -OCH3 is 1. The van der Waals surface area contributed by atoms with Crippen molar-refractivity contribution >= 4 is 11.9 Å². The molecular formula is C17H26N4O2. The van der Waals surface area contributed by atoms with E-state index in [0.29, 0.717) is 5.91 Å². The van der Waals surface area contributed by atoms with E-state index in [1.165, 1.54) is 0 Å². The Morgan fingerprint density at radius 2 is 1.78 bits per heavy atom. The molecule has 126 valence electrons. The number of amides is 1. The molecule has 0 radical (unpaired) electrons. The number of hydrogen-bond donors (Lipinski definition) is 0. The Labute approximate surface area is 137 Å². The van der Waals surface area contributed by atoms with Gasteiger partial charge < -0.3 is 14.5 Å². The van der Waals surface area contributed by atoms with E-state index in [2.05, 4.69) is 14.9 Å². The number of piperidine rings is 1. The summed E-state index contributed by atoms with van der Waals surface area (Å²) in [6.45, 7) is 7.26. The second-order valence-corrected chi connectivity index (χ2v) is 6.64. The Balaban J connectivity index is 1.57. The van der Waals surface area contributed by atoms with Crippen LogP contribution in [-0.2, 0) is 9.53 Å². The molecular weight excluding hydrogens is 292 g/mol. The second kappa shape index (κ2) is 6.83. The fourth-order valence-electron chi connectivity index (χ4n) is 3.55. The van der Waals surface area contributed by atoms with Gasteiger partial charge in [0.15, 0.2) is 0 Å². The fourth-order valence-corrected chi connectivity index (χ4v) is 3.55. The van der Waals surface area contributed by atoms with Crippen LogP contribution in [0.15, 0.2) is 6.07 Å². The number of aromatic nitrogens is 2. The van der Waals surface area contributed by atoms with Crippen LogP contribution in [0.3, 0.4) is 0 Å². The third-order valence-corrected chi connectivity index (χ3v) is 4.89. The summed E-state index contributed by atoms with van der Waals surface area (Å²) in [5.41, 5.74) is 1.99. The molecule has 6 nitrogen and oxygen atoms in total. The molecule has 0 aromatic carbocycles. The minimum absolute atomic E-state index is 0.132. The third kappa shape index (κ3) is 3.63. The van der Waals surface area contributed by atoms with E-state index in [9.17, 15) is 4.79 Å². The van der Waals surface area contributed by atoms with Crippen LogP contribution < -0.4 is 4.90 Å². The maximum absolute atomic E-state index is 12.6.